The Bertz CT molecular complexity index is 3440. The average Bonchev–Trinajstić information content (AvgIpc) is 3.97. The van der Waals surface area contributed by atoms with Crippen LogP contribution in [0.5, 0.6) is 0 Å². The molecule has 2 nitrogen and oxygen atoms in total. The molecule has 0 bridgehead atoms. The number of fused-ring (bicyclic) bond motifs is 10. The quantitative estimate of drug-likeness (QED) is 0.156. The van der Waals surface area contributed by atoms with E-state index in [1.807, 2.05) is 6.08 Å². The van der Waals surface area contributed by atoms with Gasteiger partial charge in [-0.2, -0.15) is 0 Å². The molecule has 2 heteroatoms. The first kappa shape index (κ1) is 37.6. The standard InChI is InChI=1S/C62H44N2/c1-3-17-49-50-20-8-12-24-55(50)62(54(49)4-2)56-25-13-9-23-53(56)61-57(62)26-16-29-60(61)63(46-36-30-43(31-37-46)42-18-6-5-7-19-42)47-38-32-44(33-39-47)45-34-40-48(41-35-45)64-58-27-14-10-21-51(58)52-22-11-15-28-59(52)64/h3-41H,1H2,2H3/b49-17?,54-4+. The molecule has 0 N–H and O–H groups in total. The molecule has 2 aliphatic carbocycles. The van der Waals surface area contributed by atoms with E-state index in [0.717, 1.165) is 22.7 Å². The van der Waals surface area contributed by atoms with Crippen LogP contribution >= 0.6 is 0 Å². The minimum Gasteiger partial charge on any atom is -0.310 e. The van der Waals surface area contributed by atoms with Crippen LogP contribution in [0.3, 0.4) is 0 Å². The van der Waals surface area contributed by atoms with Crippen LogP contribution in [-0.2, 0) is 5.41 Å². The molecular weight excluding hydrogens is 773 g/mol. The summed E-state index contributed by atoms with van der Waals surface area (Å²) in [6.07, 6.45) is 6.44. The zero-order valence-electron chi connectivity index (χ0n) is 35.6. The second kappa shape index (κ2) is 15.0. The maximum Gasteiger partial charge on any atom is 0.0723 e. The number of benzene rings is 9. The van der Waals surface area contributed by atoms with Crippen molar-refractivity contribution in [2.24, 2.45) is 0 Å². The van der Waals surface area contributed by atoms with Crippen molar-refractivity contribution < 1.29 is 0 Å². The number of aromatic nitrogens is 1. The molecule has 1 atom stereocenters. The molecule has 64 heavy (non-hydrogen) atoms. The first-order valence-electron chi connectivity index (χ1n) is 22.2. The lowest BCUT2D eigenvalue weighted by molar-refractivity contribution is 0.793. The summed E-state index contributed by atoms with van der Waals surface area (Å²) in [6.45, 7) is 6.33. The molecule has 302 valence electrons. The highest BCUT2D eigenvalue weighted by molar-refractivity contribution is 6.09. The summed E-state index contributed by atoms with van der Waals surface area (Å²) in [4.78, 5) is 2.45. The number of allylic oxidation sites excluding steroid dienone is 5. The largest absolute Gasteiger partial charge is 0.310 e. The monoisotopic (exact) mass is 816 g/mol. The lowest BCUT2D eigenvalue weighted by atomic mass is 9.70. The van der Waals surface area contributed by atoms with E-state index in [2.05, 4.69) is 254 Å². The Morgan fingerprint density at radius 3 is 1.53 bits per heavy atom. The van der Waals surface area contributed by atoms with E-state index in [-0.39, 0.29) is 0 Å². The summed E-state index contributed by atoms with van der Waals surface area (Å²) in [7, 11) is 0. The number of rotatable bonds is 7. The Hall–Kier alpha value is -8.20. The van der Waals surface area contributed by atoms with Gasteiger partial charge in [0.15, 0.2) is 0 Å². The Labute approximate surface area is 374 Å². The Morgan fingerprint density at radius 2 is 0.938 bits per heavy atom. The fourth-order valence-electron chi connectivity index (χ4n) is 10.9. The number of hydrogen-bond acceptors (Lipinski definition) is 1. The number of hydrogen-bond donors (Lipinski definition) is 0. The third-order valence-electron chi connectivity index (χ3n) is 13.6. The second-order valence-electron chi connectivity index (χ2n) is 16.8. The van der Waals surface area contributed by atoms with Crippen LogP contribution in [0, 0.1) is 0 Å². The van der Waals surface area contributed by atoms with Gasteiger partial charge in [0.25, 0.3) is 0 Å². The molecular formula is C62H44N2. The Balaban J connectivity index is 1.00. The van der Waals surface area contributed by atoms with E-state index in [9.17, 15) is 0 Å². The van der Waals surface area contributed by atoms with E-state index >= 15 is 0 Å². The predicted octanol–water partition coefficient (Wildman–Crippen LogP) is 16.4. The summed E-state index contributed by atoms with van der Waals surface area (Å²) in [5, 5.41) is 2.54. The molecule has 10 aromatic rings. The summed E-state index contributed by atoms with van der Waals surface area (Å²) in [5.41, 5.74) is 21.4. The highest BCUT2D eigenvalue weighted by Crippen LogP contribution is 2.65. The van der Waals surface area contributed by atoms with Crippen molar-refractivity contribution in [2.75, 3.05) is 4.90 Å². The van der Waals surface area contributed by atoms with E-state index in [0.29, 0.717) is 0 Å². The third-order valence-corrected chi connectivity index (χ3v) is 13.6. The van der Waals surface area contributed by atoms with Gasteiger partial charge in [0, 0.05) is 33.4 Å². The molecule has 0 fully saturated rings. The zero-order chi connectivity index (χ0) is 42.8. The van der Waals surface area contributed by atoms with Gasteiger partial charge in [0.05, 0.1) is 22.1 Å². The topological polar surface area (TPSA) is 8.17 Å². The van der Waals surface area contributed by atoms with E-state index in [1.54, 1.807) is 0 Å². The van der Waals surface area contributed by atoms with Crippen molar-refractivity contribution >= 4 is 44.4 Å². The van der Waals surface area contributed by atoms with Gasteiger partial charge in [0.2, 0.25) is 0 Å². The van der Waals surface area contributed by atoms with Gasteiger partial charge >= 0.3 is 0 Å². The highest BCUT2D eigenvalue weighted by atomic mass is 15.1. The molecule has 0 saturated heterocycles. The lowest BCUT2D eigenvalue weighted by Crippen LogP contribution is -2.26. The Kier molecular flexibility index (Phi) is 8.81. The Morgan fingerprint density at radius 1 is 0.453 bits per heavy atom. The van der Waals surface area contributed by atoms with Crippen molar-refractivity contribution in [3.05, 3.63) is 271 Å². The average molecular weight is 817 g/mol. The molecule has 1 heterocycles. The minimum absolute atomic E-state index is 0.472. The minimum atomic E-state index is -0.472. The second-order valence-corrected chi connectivity index (χ2v) is 16.8. The van der Waals surface area contributed by atoms with E-state index < -0.39 is 5.41 Å². The number of para-hydroxylation sites is 2. The molecule has 1 unspecified atom stereocenters. The predicted molar refractivity (Wildman–Crippen MR) is 270 cm³/mol. The molecule has 12 rings (SSSR count). The van der Waals surface area contributed by atoms with Crippen molar-refractivity contribution in [1.82, 2.24) is 4.57 Å². The number of nitrogens with zero attached hydrogens (tertiary/aromatic N) is 2. The van der Waals surface area contributed by atoms with Gasteiger partial charge in [0.1, 0.15) is 0 Å². The van der Waals surface area contributed by atoms with Crippen molar-refractivity contribution in [1.29, 1.82) is 0 Å². The van der Waals surface area contributed by atoms with Crippen LogP contribution < -0.4 is 4.90 Å². The molecule has 0 saturated carbocycles. The molecule has 0 amide bonds. The number of anilines is 3. The van der Waals surface area contributed by atoms with Crippen LogP contribution in [0.1, 0.15) is 29.2 Å². The van der Waals surface area contributed by atoms with Gasteiger partial charge in [-0.1, -0.05) is 189 Å². The fourth-order valence-corrected chi connectivity index (χ4v) is 10.9. The summed E-state index contributed by atoms with van der Waals surface area (Å²) in [6, 6.07) is 80.1. The van der Waals surface area contributed by atoms with Gasteiger partial charge in [-0.25, -0.2) is 0 Å². The van der Waals surface area contributed by atoms with Crippen LogP contribution in [0.25, 0.3) is 66.4 Å². The first-order valence-corrected chi connectivity index (χ1v) is 22.2. The van der Waals surface area contributed by atoms with Crippen LogP contribution in [0.15, 0.2) is 249 Å². The maximum absolute atomic E-state index is 4.15. The summed E-state index contributed by atoms with van der Waals surface area (Å²) >= 11 is 0. The summed E-state index contributed by atoms with van der Waals surface area (Å²) < 4.78 is 2.37. The lowest BCUT2D eigenvalue weighted by Gasteiger charge is -2.32. The van der Waals surface area contributed by atoms with Gasteiger partial charge in [-0.15, -0.1) is 0 Å². The molecule has 2 aliphatic rings. The van der Waals surface area contributed by atoms with Crippen molar-refractivity contribution in [3.8, 4) is 39.1 Å². The SMILES string of the molecule is C=CC=C1/C(=C\C)C2(c3ccccc31)c1ccccc1-c1c(N(c3ccc(-c4ccccc4)cc3)c3ccc(-c4ccc(-n5c6ccccc6c6ccccc65)cc4)cc3)cccc12. The van der Waals surface area contributed by atoms with Crippen LogP contribution in [0.4, 0.5) is 17.1 Å². The molecule has 0 radical (unpaired) electrons. The summed E-state index contributed by atoms with van der Waals surface area (Å²) in [5.74, 6) is 0. The van der Waals surface area contributed by atoms with Crippen LogP contribution in [-0.4, -0.2) is 4.57 Å². The maximum atomic E-state index is 4.15. The molecule has 1 spiro atoms. The zero-order valence-corrected chi connectivity index (χ0v) is 35.6. The molecule has 1 aromatic heterocycles. The third kappa shape index (κ3) is 5.52. The van der Waals surface area contributed by atoms with Crippen LogP contribution in [0.2, 0.25) is 0 Å². The molecule has 0 aliphatic heterocycles. The van der Waals surface area contributed by atoms with E-state index in [4.69, 9.17) is 0 Å². The van der Waals surface area contributed by atoms with Crippen molar-refractivity contribution in [2.45, 2.75) is 12.3 Å². The van der Waals surface area contributed by atoms with Gasteiger partial charge in [-0.05, 0) is 123 Å². The highest BCUT2D eigenvalue weighted by Gasteiger charge is 2.53. The molecule has 9 aromatic carbocycles. The van der Waals surface area contributed by atoms with Gasteiger partial charge in [-0.3, -0.25) is 0 Å². The first-order chi connectivity index (χ1) is 31.7. The van der Waals surface area contributed by atoms with Crippen molar-refractivity contribution in [3.63, 3.8) is 0 Å². The van der Waals surface area contributed by atoms with Gasteiger partial charge < -0.3 is 9.47 Å². The smallest absolute Gasteiger partial charge is 0.0723 e. The van der Waals surface area contributed by atoms with E-state index in [1.165, 1.54) is 88.6 Å². The fraction of sp³-hybridized carbons (Fsp3) is 0.0323. The normalized spacial score (nSPS) is 16.1.